The maximum absolute atomic E-state index is 12.7. The third-order valence-corrected chi connectivity index (χ3v) is 6.14. The molecule has 1 aromatic heterocycles. The fraction of sp³-hybridized carbons (Fsp3) is 0.444. The second-order valence-electron chi connectivity index (χ2n) is 6.91. The van der Waals surface area contributed by atoms with E-state index < -0.39 is 10.0 Å². The summed E-state index contributed by atoms with van der Waals surface area (Å²) in [4.78, 5) is 14.1. The van der Waals surface area contributed by atoms with Gasteiger partial charge >= 0.3 is 0 Å². The van der Waals surface area contributed by atoms with Gasteiger partial charge in [0.2, 0.25) is 5.91 Å². The van der Waals surface area contributed by atoms with Gasteiger partial charge in [-0.1, -0.05) is 25.1 Å². The van der Waals surface area contributed by atoms with Crippen LogP contribution in [0.3, 0.4) is 0 Å². The van der Waals surface area contributed by atoms with Crippen LogP contribution in [0.25, 0.3) is 0 Å². The predicted octanol–water partition coefficient (Wildman–Crippen LogP) is 2.63. The Labute approximate surface area is 153 Å². The molecule has 0 spiro atoms. The SMILES string of the molecule is Cc1noc(C)c1S(=O)(=O)Nc1ccc2c(c1)CN(C(=O)C(C)C)CC2. The van der Waals surface area contributed by atoms with Crippen molar-refractivity contribution in [3.63, 3.8) is 0 Å². The first-order valence-electron chi connectivity index (χ1n) is 8.55. The molecule has 1 aliphatic rings. The number of carbonyl (C=O) groups excluding carboxylic acids is 1. The molecule has 1 aliphatic heterocycles. The summed E-state index contributed by atoms with van der Waals surface area (Å²) >= 11 is 0. The van der Waals surface area contributed by atoms with Crippen LogP contribution in [-0.2, 0) is 27.8 Å². The Morgan fingerprint density at radius 2 is 2.00 bits per heavy atom. The number of carbonyl (C=O) groups is 1. The first kappa shape index (κ1) is 18.4. The molecule has 7 nitrogen and oxygen atoms in total. The number of aromatic nitrogens is 1. The zero-order valence-electron chi connectivity index (χ0n) is 15.4. The number of anilines is 1. The van der Waals surface area contributed by atoms with Crippen molar-refractivity contribution >= 4 is 21.6 Å². The Morgan fingerprint density at radius 1 is 1.27 bits per heavy atom. The summed E-state index contributed by atoms with van der Waals surface area (Å²) in [5.74, 6) is 0.303. The van der Waals surface area contributed by atoms with Gasteiger partial charge in [0, 0.05) is 24.7 Å². The number of hydrogen-bond acceptors (Lipinski definition) is 5. The van der Waals surface area contributed by atoms with Gasteiger partial charge in [-0.3, -0.25) is 9.52 Å². The Morgan fingerprint density at radius 3 is 2.62 bits per heavy atom. The maximum Gasteiger partial charge on any atom is 0.267 e. The number of rotatable bonds is 4. The predicted molar refractivity (Wildman–Crippen MR) is 97.2 cm³/mol. The second-order valence-corrected chi connectivity index (χ2v) is 8.53. The largest absolute Gasteiger partial charge is 0.360 e. The van der Waals surface area contributed by atoms with Crippen molar-refractivity contribution in [1.82, 2.24) is 10.1 Å². The molecular formula is C18H23N3O4S. The molecule has 1 N–H and O–H groups in total. The molecule has 8 heteroatoms. The van der Waals surface area contributed by atoms with Crippen LogP contribution < -0.4 is 4.72 Å². The summed E-state index contributed by atoms with van der Waals surface area (Å²) in [5, 5.41) is 3.70. The highest BCUT2D eigenvalue weighted by Crippen LogP contribution is 2.27. The van der Waals surface area contributed by atoms with Crippen LogP contribution in [0.15, 0.2) is 27.6 Å². The number of fused-ring (bicyclic) bond motifs is 1. The smallest absolute Gasteiger partial charge is 0.267 e. The quantitative estimate of drug-likeness (QED) is 0.884. The number of amides is 1. The molecule has 1 amide bonds. The van der Waals surface area contributed by atoms with Gasteiger partial charge in [-0.05, 0) is 43.5 Å². The van der Waals surface area contributed by atoms with E-state index in [1.54, 1.807) is 26.0 Å². The highest BCUT2D eigenvalue weighted by atomic mass is 32.2. The van der Waals surface area contributed by atoms with E-state index in [-0.39, 0.29) is 22.5 Å². The molecule has 0 aliphatic carbocycles. The molecular weight excluding hydrogens is 354 g/mol. The lowest BCUT2D eigenvalue weighted by Crippen LogP contribution is -2.38. The number of aryl methyl sites for hydroxylation is 2. The molecule has 0 saturated carbocycles. The van der Waals surface area contributed by atoms with Gasteiger partial charge in [-0.25, -0.2) is 8.42 Å². The van der Waals surface area contributed by atoms with Crippen LogP contribution in [0.1, 0.15) is 36.4 Å². The molecule has 0 bridgehead atoms. The van der Waals surface area contributed by atoms with Crippen LogP contribution in [0, 0.1) is 19.8 Å². The van der Waals surface area contributed by atoms with Gasteiger partial charge in [0.15, 0.2) is 10.7 Å². The van der Waals surface area contributed by atoms with E-state index in [1.807, 2.05) is 24.8 Å². The lowest BCUT2D eigenvalue weighted by Gasteiger charge is -2.30. The highest BCUT2D eigenvalue weighted by molar-refractivity contribution is 7.92. The molecule has 26 heavy (non-hydrogen) atoms. The fourth-order valence-corrected chi connectivity index (χ4v) is 4.62. The van der Waals surface area contributed by atoms with Crippen molar-refractivity contribution in [3.8, 4) is 0 Å². The lowest BCUT2D eigenvalue weighted by molar-refractivity contribution is -0.135. The van der Waals surface area contributed by atoms with Crippen LogP contribution >= 0.6 is 0 Å². The molecule has 140 valence electrons. The van der Waals surface area contributed by atoms with Crippen molar-refractivity contribution in [3.05, 3.63) is 40.8 Å². The molecule has 2 heterocycles. The summed E-state index contributed by atoms with van der Waals surface area (Å²) in [5.41, 5.74) is 2.88. The minimum Gasteiger partial charge on any atom is -0.360 e. The van der Waals surface area contributed by atoms with E-state index in [0.717, 1.165) is 17.5 Å². The molecule has 2 aromatic rings. The van der Waals surface area contributed by atoms with Crippen LogP contribution in [0.4, 0.5) is 5.69 Å². The van der Waals surface area contributed by atoms with Crippen molar-refractivity contribution in [2.24, 2.45) is 5.92 Å². The van der Waals surface area contributed by atoms with Crippen molar-refractivity contribution in [1.29, 1.82) is 0 Å². The molecule has 0 radical (unpaired) electrons. The molecule has 0 saturated heterocycles. The molecule has 3 rings (SSSR count). The number of benzene rings is 1. The zero-order chi connectivity index (χ0) is 19.1. The fourth-order valence-electron chi connectivity index (χ4n) is 3.24. The summed E-state index contributed by atoms with van der Waals surface area (Å²) in [7, 11) is -3.79. The maximum atomic E-state index is 12.7. The summed E-state index contributed by atoms with van der Waals surface area (Å²) in [6.07, 6.45) is 0.769. The lowest BCUT2D eigenvalue weighted by atomic mass is 9.98. The van der Waals surface area contributed by atoms with Gasteiger partial charge in [0.1, 0.15) is 5.69 Å². The van der Waals surface area contributed by atoms with Crippen molar-refractivity contribution in [2.45, 2.75) is 45.6 Å². The van der Waals surface area contributed by atoms with Gasteiger partial charge in [0.05, 0.1) is 0 Å². The van der Waals surface area contributed by atoms with E-state index in [2.05, 4.69) is 9.88 Å². The minimum atomic E-state index is -3.79. The Hall–Kier alpha value is -2.35. The summed E-state index contributed by atoms with van der Waals surface area (Å²) in [6.45, 7) is 8.10. The monoisotopic (exact) mass is 377 g/mol. The second kappa shape index (κ2) is 6.75. The van der Waals surface area contributed by atoms with Gasteiger partial charge in [-0.2, -0.15) is 0 Å². The van der Waals surface area contributed by atoms with Crippen LogP contribution in [0.5, 0.6) is 0 Å². The molecule has 0 fully saturated rings. The molecule has 1 aromatic carbocycles. The van der Waals surface area contributed by atoms with Gasteiger partial charge in [-0.15, -0.1) is 0 Å². The highest BCUT2D eigenvalue weighted by Gasteiger charge is 2.26. The van der Waals surface area contributed by atoms with Gasteiger partial charge < -0.3 is 9.42 Å². The first-order chi connectivity index (χ1) is 12.2. The normalized spacial score (nSPS) is 14.4. The topological polar surface area (TPSA) is 92.5 Å². The van der Waals surface area contributed by atoms with Gasteiger partial charge in [0.25, 0.3) is 10.0 Å². The van der Waals surface area contributed by atoms with E-state index in [1.165, 1.54) is 0 Å². The minimum absolute atomic E-state index is 0.0576. The number of nitrogens with one attached hydrogen (secondary N) is 1. The van der Waals surface area contributed by atoms with Crippen LogP contribution in [-0.4, -0.2) is 30.9 Å². The molecule has 0 unspecified atom stereocenters. The summed E-state index contributed by atoms with van der Waals surface area (Å²) in [6, 6.07) is 5.46. The van der Waals surface area contributed by atoms with E-state index in [9.17, 15) is 13.2 Å². The Balaban J connectivity index is 1.86. The average molecular weight is 377 g/mol. The average Bonchev–Trinajstić information content (AvgIpc) is 2.92. The summed E-state index contributed by atoms with van der Waals surface area (Å²) < 4.78 is 32.9. The third-order valence-electron chi connectivity index (χ3n) is 4.51. The number of nitrogens with zero attached hydrogens (tertiary/aromatic N) is 2. The Bertz CT molecular complexity index is 928. The number of hydrogen-bond donors (Lipinski definition) is 1. The van der Waals surface area contributed by atoms with E-state index in [0.29, 0.717) is 24.5 Å². The first-order valence-corrected chi connectivity index (χ1v) is 10.0. The number of sulfonamides is 1. The van der Waals surface area contributed by atoms with Crippen molar-refractivity contribution in [2.75, 3.05) is 11.3 Å². The third kappa shape index (κ3) is 3.46. The van der Waals surface area contributed by atoms with Crippen LogP contribution in [0.2, 0.25) is 0 Å². The van der Waals surface area contributed by atoms with Crippen molar-refractivity contribution < 1.29 is 17.7 Å². The zero-order valence-corrected chi connectivity index (χ0v) is 16.2. The van der Waals surface area contributed by atoms with E-state index in [4.69, 9.17) is 4.52 Å². The standard InChI is InChI=1S/C18H23N3O4S/c1-11(2)18(22)21-8-7-14-5-6-16(9-15(14)10-21)20-26(23,24)17-12(3)19-25-13(17)4/h5-6,9,11,20H,7-8,10H2,1-4H3. The molecule has 0 atom stereocenters. The van der Waals surface area contributed by atoms with E-state index >= 15 is 0 Å². The Kier molecular flexibility index (Phi) is 4.79.